The van der Waals surface area contributed by atoms with Crippen molar-refractivity contribution in [2.24, 2.45) is 7.05 Å². The van der Waals surface area contributed by atoms with Gasteiger partial charge >= 0.3 is 0 Å². The van der Waals surface area contributed by atoms with Gasteiger partial charge in [0, 0.05) is 43.8 Å². The first-order chi connectivity index (χ1) is 14.6. The maximum absolute atomic E-state index is 12.5. The number of nitrogens with one attached hydrogen (secondary N) is 2. The number of carbonyl (C=O) groups excluding carboxylic acids is 1. The molecule has 1 saturated heterocycles. The zero-order valence-corrected chi connectivity index (χ0v) is 16.8. The molecule has 3 heterocycles. The Kier molecular flexibility index (Phi) is 5.75. The summed E-state index contributed by atoms with van der Waals surface area (Å²) in [6.45, 7) is 3.09. The standard InChI is InChI=1S/C20H23N7O3/c1-26-13-17(20(25-26)29-2)19(28)23-15-5-3-14(4-6-15)22-18-11-16(12-21-24-18)27-7-9-30-10-8-27/h3-6,11-13H,7-10H2,1-2H3,(H,22,24)(H,23,28). The second-order valence-corrected chi connectivity index (χ2v) is 6.78. The number of carbonyl (C=O) groups is 1. The molecule has 30 heavy (non-hydrogen) atoms. The maximum Gasteiger partial charge on any atom is 0.262 e. The van der Waals surface area contributed by atoms with Crippen LogP contribution in [0.5, 0.6) is 5.88 Å². The average molecular weight is 409 g/mol. The van der Waals surface area contributed by atoms with Crippen molar-refractivity contribution in [2.45, 2.75) is 0 Å². The Hall–Kier alpha value is -3.66. The number of benzene rings is 1. The van der Waals surface area contributed by atoms with Gasteiger partial charge in [-0.3, -0.25) is 9.48 Å². The lowest BCUT2D eigenvalue weighted by Crippen LogP contribution is -2.36. The number of anilines is 4. The van der Waals surface area contributed by atoms with Crippen LogP contribution >= 0.6 is 0 Å². The zero-order chi connectivity index (χ0) is 20.9. The van der Waals surface area contributed by atoms with Crippen molar-refractivity contribution in [1.29, 1.82) is 0 Å². The average Bonchev–Trinajstić information content (AvgIpc) is 3.17. The summed E-state index contributed by atoms with van der Waals surface area (Å²) in [5.74, 6) is 0.646. The van der Waals surface area contributed by atoms with Crippen molar-refractivity contribution >= 4 is 28.8 Å². The molecule has 10 heteroatoms. The SMILES string of the molecule is COc1nn(C)cc1C(=O)Nc1ccc(Nc2cc(N3CCOCC3)cnn2)cc1. The first-order valence-electron chi connectivity index (χ1n) is 9.54. The first kappa shape index (κ1) is 19.6. The minimum atomic E-state index is -0.287. The van der Waals surface area contributed by atoms with Crippen LogP contribution in [0.25, 0.3) is 0 Å². The number of hydrogen-bond acceptors (Lipinski definition) is 8. The molecule has 0 bridgehead atoms. The fourth-order valence-corrected chi connectivity index (χ4v) is 3.17. The number of methoxy groups -OCH3 is 1. The number of aryl methyl sites for hydroxylation is 1. The van der Waals surface area contributed by atoms with Gasteiger partial charge in [-0.2, -0.15) is 5.10 Å². The molecule has 0 atom stereocenters. The molecule has 0 spiro atoms. The summed E-state index contributed by atoms with van der Waals surface area (Å²) < 4.78 is 12.1. The number of nitrogens with zero attached hydrogens (tertiary/aromatic N) is 5. The Morgan fingerprint density at radius 2 is 1.90 bits per heavy atom. The molecule has 0 unspecified atom stereocenters. The molecule has 0 saturated carbocycles. The monoisotopic (exact) mass is 409 g/mol. The van der Waals surface area contributed by atoms with Crippen LogP contribution in [-0.2, 0) is 11.8 Å². The smallest absolute Gasteiger partial charge is 0.262 e. The molecule has 4 rings (SSSR count). The van der Waals surface area contributed by atoms with Crippen molar-refractivity contribution in [3.63, 3.8) is 0 Å². The molecule has 1 fully saturated rings. The van der Waals surface area contributed by atoms with Crippen LogP contribution in [0.1, 0.15) is 10.4 Å². The van der Waals surface area contributed by atoms with Gasteiger partial charge in [-0.15, -0.1) is 10.2 Å². The highest BCUT2D eigenvalue weighted by atomic mass is 16.5. The van der Waals surface area contributed by atoms with Crippen molar-refractivity contribution in [2.75, 3.05) is 48.9 Å². The summed E-state index contributed by atoms with van der Waals surface area (Å²) in [6.07, 6.45) is 3.37. The Bertz CT molecular complexity index is 1010. The van der Waals surface area contributed by atoms with E-state index in [0.717, 1.165) is 24.5 Å². The van der Waals surface area contributed by atoms with Crippen LogP contribution in [0.3, 0.4) is 0 Å². The van der Waals surface area contributed by atoms with E-state index in [4.69, 9.17) is 9.47 Å². The van der Waals surface area contributed by atoms with Crippen LogP contribution in [0.15, 0.2) is 42.7 Å². The van der Waals surface area contributed by atoms with Gasteiger partial charge in [0.05, 0.1) is 32.2 Å². The topological polar surface area (TPSA) is 106 Å². The van der Waals surface area contributed by atoms with Crippen LogP contribution in [0.2, 0.25) is 0 Å². The third-order valence-electron chi connectivity index (χ3n) is 4.66. The van der Waals surface area contributed by atoms with E-state index in [1.165, 1.54) is 11.8 Å². The number of hydrogen-bond donors (Lipinski definition) is 2. The highest BCUT2D eigenvalue weighted by Gasteiger charge is 2.16. The summed E-state index contributed by atoms with van der Waals surface area (Å²) >= 11 is 0. The Balaban J connectivity index is 1.41. The minimum Gasteiger partial charge on any atom is -0.479 e. The lowest BCUT2D eigenvalue weighted by Gasteiger charge is -2.28. The predicted molar refractivity (Wildman–Crippen MR) is 113 cm³/mol. The second kappa shape index (κ2) is 8.78. The molecule has 1 amide bonds. The largest absolute Gasteiger partial charge is 0.479 e. The minimum absolute atomic E-state index is 0.284. The van der Waals surface area contributed by atoms with Gasteiger partial charge in [-0.25, -0.2) is 0 Å². The molecule has 0 aliphatic carbocycles. The first-order valence-corrected chi connectivity index (χ1v) is 9.54. The zero-order valence-electron chi connectivity index (χ0n) is 16.8. The number of amides is 1. The summed E-state index contributed by atoms with van der Waals surface area (Å²) in [6, 6.07) is 9.30. The van der Waals surface area contributed by atoms with E-state index in [1.54, 1.807) is 19.4 Å². The second-order valence-electron chi connectivity index (χ2n) is 6.78. The number of morpholine rings is 1. The van der Waals surface area contributed by atoms with Gasteiger partial charge < -0.3 is 25.0 Å². The summed E-state index contributed by atoms with van der Waals surface area (Å²) in [7, 11) is 3.22. The van der Waals surface area contributed by atoms with Gasteiger partial charge in [0.15, 0.2) is 5.82 Å². The fourth-order valence-electron chi connectivity index (χ4n) is 3.17. The quantitative estimate of drug-likeness (QED) is 0.637. The molecular weight excluding hydrogens is 386 g/mol. The van der Waals surface area contributed by atoms with Crippen molar-refractivity contribution < 1.29 is 14.3 Å². The van der Waals surface area contributed by atoms with Crippen molar-refractivity contribution in [1.82, 2.24) is 20.0 Å². The molecule has 156 valence electrons. The van der Waals surface area contributed by atoms with Crippen molar-refractivity contribution in [3.8, 4) is 5.88 Å². The maximum atomic E-state index is 12.5. The highest BCUT2D eigenvalue weighted by Crippen LogP contribution is 2.22. The van der Waals surface area contributed by atoms with E-state index in [9.17, 15) is 4.79 Å². The van der Waals surface area contributed by atoms with E-state index in [2.05, 4.69) is 30.8 Å². The van der Waals surface area contributed by atoms with E-state index in [1.807, 2.05) is 30.3 Å². The number of ether oxygens (including phenoxy) is 2. The molecule has 2 N–H and O–H groups in total. The van der Waals surface area contributed by atoms with Crippen molar-refractivity contribution in [3.05, 3.63) is 48.3 Å². The van der Waals surface area contributed by atoms with Gasteiger partial charge in [-0.1, -0.05) is 0 Å². The Morgan fingerprint density at radius 3 is 2.63 bits per heavy atom. The lowest BCUT2D eigenvalue weighted by atomic mass is 10.2. The van der Waals surface area contributed by atoms with Gasteiger partial charge in [0.2, 0.25) is 5.88 Å². The van der Waals surface area contributed by atoms with Crippen LogP contribution < -0.4 is 20.3 Å². The summed E-state index contributed by atoms with van der Waals surface area (Å²) in [5.41, 5.74) is 2.87. The predicted octanol–water partition coefficient (Wildman–Crippen LogP) is 2.05. The van der Waals surface area contributed by atoms with Gasteiger partial charge in [-0.05, 0) is 24.3 Å². The number of aromatic nitrogens is 4. The Morgan fingerprint density at radius 1 is 1.17 bits per heavy atom. The summed E-state index contributed by atoms with van der Waals surface area (Å²) in [4.78, 5) is 14.7. The fraction of sp³-hybridized carbons (Fsp3) is 0.300. The molecule has 3 aromatic rings. The lowest BCUT2D eigenvalue weighted by molar-refractivity contribution is 0.102. The van der Waals surface area contributed by atoms with Gasteiger partial charge in [0.1, 0.15) is 5.56 Å². The molecule has 1 aliphatic rings. The van der Waals surface area contributed by atoms with Crippen LogP contribution in [-0.4, -0.2) is 59.3 Å². The molecule has 1 aromatic carbocycles. The molecule has 0 radical (unpaired) electrons. The highest BCUT2D eigenvalue weighted by molar-refractivity contribution is 6.05. The Labute approximate surface area is 173 Å². The summed E-state index contributed by atoms with van der Waals surface area (Å²) in [5, 5.41) is 18.4. The molecule has 10 nitrogen and oxygen atoms in total. The third-order valence-corrected chi connectivity index (χ3v) is 4.66. The molecule has 1 aliphatic heterocycles. The van der Waals surface area contributed by atoms with Crippen LogP contribution in [0.4, 0.5) is 22.9 Å². The number of rotatable bonds is 6. The normalized spacial score (nSPS) is 13.7. The molecule has 2 aromatic heterocycles. The van der Waals surface area contributed by atoms with E-state index < -0.39 is 0 Å². The van der Waals surface area contributed by atoms with E-state index >= 15 is 0 Å². The van der Waals surface area contributed by atoms with Crippen LogP contribution in [0, 0.1) is 0 Å². The third kappa shape index (κ3) is 4.49. The van der Waals surface area contributed by atoms with E-state index in [0.29, 0.717) is 30.3 Å². The molecular formula is C20H23N7O3. The van der Waals surface area contributed by atoms with E-state index in [-0.39, 0.29) is 11.8 Å². The van der Waals surface area contributed by atoms with Gasteiger partial charge in [0.25, 0.3) is 5.91 Å².